The molecule has 176 valence electrons. The SMILES string of the molecule is COC(=O)C(Cc1cccc(OC[C@H]2COCCO2)c1)N=C(c1ccccc1)c1ccccc1. The molecule has 1 fully saturated rings. The molecule has 0 bridgehead atoms. The van der Waals surface area contributed by atoms with E-state index < -0.39 is 6.04 Å². The van der Waals surface area contributed by atoms with Crippen LogP contribution in [0.25, 0.3) is 0 Å². The Morgan fingerprint density at radius 3 is 2.29 bits per heavy atom. The zero-order chi connectivity index (χ0) is 23.6. The van der Waals surface area contributed by atoms with Crippen LogP contribution >= 0.6 is 0 Å². The Balaban J connectivity index is 1.57. The molecule has 2 atom stereocenters. The van der Waals surface area contributed by atoms with Gasteiger partial charge in [0.1, 0.15) is 18.5 Å². The van der Waals surface area contributed by atoms with Crippen LogP contribution in [0.15, 0.2) is 89.9 Å². The van der Waals surface area contributed by atoms with Crippen molar-refractivity contribution in [2.24, 2.45) is 4.99 Å². The number of aliphatic imine (C=N–C) groups is 1. The first kappa shape index (κ1) is 23.7. The van der Waals surface area contributed by atoms with E-state index in [2.05, 4.69) is 0 Å². The lowest BCUT2D eigenvalue weighted by Gasteiger charge is -2.23. The number of methoxy groups -OCH3 is 1. The van der Waals surface area contributed by atoms with Gasteiger partial charge in [0.05, 0.1) is 32.6 Å². The van der Waals surface area contributed by atoms with Gasteiger partial charge in [-0.2, -0.15) is 0 Å². The number of carbonyl (C=O) groups excluding carboxylic acids is 1. The zero-order valence-electron chi connectivity index (χ0n) is 19.3. The Hall–Kier alpha value is -3.48. The Labute approximate surface area is 200 Å². The minimum absolute atomic E-state index is 0.0795. The molecule has 0 N–H and O–H groups in total. The van der Waals surface area contributed by atoms with Gasteiger partial charge in [0.25, 0.3) is 0 Å². The molecule has 3 aromatic carbocycles. The number of benzene rings is 3. The maximum atomic E-state index is 12.7. The molecule has 0 saturated carbocycles. The smallest absolute Gasteiger partial charge is 0.330 e. The highest BCUT2D eigenvalue weighted by atomic mass is 16.6. The quantitative estimate of drug-likeness (QED) is 0.356. The summed E-state index contributed by atoms with van der Waals surface area (Å²) in [5, 5.41) is 0. The number of hydrogen-bond donors (Lipinski definition) is 0. The van der Waals surface area contributed by atoms with E-state index in [9.17, 15) is 4.79 Å². The van der Waals surface area contributed by atoms with Gasteiger partial charge in [0, 0.05) is 17.5 Å². The maximum Gasteiger partial charge on any atom is 0.330 e. The van der Waals surface area contributed by atoms with Crippen LogP contribution in [0.3, 0.4) is 0 Å². The normalized spacial score (nSPS) is 16.3. The van der Waals surface area contributed by atoms with Gasteiger partial charge in [-0.3, -0.25) is 4.99 Å². The van der Waals surface area contributed by atoms with E-state index in [0.29, 0.717) is 38.6 Å². The van der Waals surface area contributed by atoms with E-state index in [-0.39, 0.29) is 12.1 Å². The fraction of sp³-hybridized carbons (Fsp3) is 0.286. The number of ether oxygens (including phenoxy) is 4. The lowest BCUT2D eigenvalue weighted by molar-refractivity contribution is -0.142. The summed E-state index contributed by atoms with van der Waals surface area (Å²) in [6.45, 7) is 2.14. The molecule has 4 rings (SSSR count). The lowest BCUT2D eigenvalue weighted by Crippen LogP contribution is -2.33. The van der Waals surface area contributed by atoms with Crippen LogP contribution in [0, 0.1) is 0 Å². The minimum Gasteiger partial charge on any atom is -0.491 e. The summed E-state index contributed by atoms with van der Waals surface area (Å²) in [5.74, 6) is 0.328. The molecule has 1 aliphatic heterocycles. The molecule has 1 saturated heterocycles. The van der Waals surface area contributed by atoms with Crippen molar-refractivity contribution >= 4 is 11.7 Å². The van der Waals surface area contributed by atoms with E-state index in [1.54, 1.807) is 0 Å². The standard InChI is InChI=1S/C28H29NO5/c1-31-28(30)26(29-27(22-10-4-2-5-11-22)23-12-6-3-7-13-23)18-21-9-8-14-24(17-21)34-20-25-19-32-15-16-33-25/h2-14,17,25-26H,15-16,18-20H2,1H3/t25-,26?/m1/s1. The van der Waals surface area contributed by atoms with Gasteiger partial charge in [-0.1, -0.05) is 72.8 Å². The number of rotatable bonds is 9. The average Bonchev–Trinajstić information content (AvgIpc) is 2.91. The van der Waals surface area contributed by atoms with Gasteiger partial charge in [-0.15, -0.1) is 0 Å². The molecule has 1 aliphatic rings. The van der Waals surface area contributed by atoms with Gasteiger partial charge in [-0.05, 0) is 17.7 Å². The fourth-order valence-electron chi connectivity index (χ4n) is 3.79. The second-order valence-electron chi connectivity index (χ2n) is 7.98. The maximum absolute atomic E-state index is 12.7. The van der Waals surface area contributed by atoms with Gasteiger partial charge in [0.2, 0.25) is 0 Å². The number of hydrogen-bond acceptors (Lipinski definition) is 6. The van der Waals surface area contributed by atoms with E-state index in [1.165, 1.54) is 7.11 Å². The summed E-state index contributed by atoms with van der Waals surface area (Å²) in [4.78, 5) is 17.6. The van der Waals surface area contributed by atoms with Crippen LogP contribution in [-0.2, 0) is 25.4 Å². The molecule has 1 unspecified atom stereocenters. The van der Waals surface area contributed by atoms with Gasteiger partial charge < -0.3 is 18.9 Å². The Kier molecular flexibility index (Phi) is 8.43. The van der Waals surface area contributed by atoms with Crippen molar-refractivity contribution in [1.82, 2.24) is 0 Å². The first-order valence-electron chi connectivity index (χ1n) is 11.4. The van der Waals surface area contributed by atoms with Crippen molar-refractivity contribution in [3.05, 3.63) is 102 Å². The highest BCUT2D eigenvalue weighted by Crippen LogP contribution is 2.19. The monoisotopic (exact) mass is 459 g/mol. The topological polar surface area (TPSA) is 66.4 Å². The predicted octanol–water partition coefficient (Wildman–Crippen LogP) is 4.10. The molecule has 3 aromatic rings. The molecule has 0 spiro atoms. The van der Waals surface area contributed by atoms with Gasteiger partial charge in [-0.25, -0.2) is 4.79 Å². The van der Waals surface area contributed by atoms with Gasteiger partial charge >= 0.3 is 5.97 Å². The van der Waals surface area contributed by atoms with Crippen molar-refractivity contribution in [2.45, 2.75) is 18.6 Å². The Morgan fingerprint density at radius 2 is 1.68 bits per heavy atom. The number of carbonyl (C=O) groups is 1. The summed E-state index contributed by atoms with van der Waals surface area (Å²) >= 11 is 0. The molecule has 0 radical (unpaired) electrons. The molecule has 6 nitrogen and oxygen atoms in total. The van der Waals surface area contributed by atoms with Crippen LogP contribution in [0.2, 0.25) is 0 Å². The summed E-state index contributed by atoms with van der Waals surface area (Å²) in [7, 11) is 1.39. The largest absolute Gasteiger partial charge is 0.491 e. The Bertz CT molecular complexity index is 1040. The van der Waals surface area contributed by atoms with E-state index in [4.69, 9.17) is 23.9 Å². The second kappa shape index (κ2) is 12.1. The highest BCUT2D eigenvalue weighted by Gasteiger charge is 2.21. The van der Waals surface area contributed by atoms with Crippen molar-refractivity contribution < 1.29 is 23.7 Å². The predicted molar refractivity (Wildman–Crippen MR) is 131 cm³/mol. The molecule has 34 heavy (non-hydrogen) atoms. The molecule has 0 aromatic heterocycles. The summed E-state index contributed by atoms with van der Waals surface area (Å²) < 4.78 is 22.1. The highest BCUT2D eigenvalue weighted by molar-refractivity contribution is 6.13. The van der Waals surface area contributed by atoms with Crippen LogP contribution in [-0.4, -0.2) is 57.4 Å². The van der Waals surface area contributed by atoms with Crippen molar-refractivity contribution in [1.29, 1.82) is 0 Å². The van der Waals surface area contributed by atoms with Crippen LogP contribution in [0.1, 0.15) is 16.7 Å². The second-order valence-corrected chi connectivity index (χ2v) is 7.98. The lowest BCUT2D eigenvalue weighted by atomic mass is 10.0. The molecule has 6 heteroatoms. The van der Waals surface area contributed by atoms with E-state index >= 15 is 0 Å². The summed E-state index contributed by atoms with van der Waals surface area (Å²) in [6.07, 6.45) is 0.305. The Morgan fingerprint density at radius 1 is 0.971 bits per heavy atom. The third kappa shape index (κ3) is 6.53. The van der Waals surface area contributed by atoms with Crippen LogP contribution in [0.4, 0.5) is 0 Å². The first-order chi connectivity index (χ1) is 16.7. The third-order valence-corrected chi connectivity index (χ3v) is 5.50. The van der Waals surface area contributed by atoms with Gasteiger partial charge in [0.15, 0.2) is 6.04 Å². The van der Waals surface area contributed by atoms with Crippen molar-refractivity contribution in [3.63, 3.8) is 0 Å². The molecule has 0 aliphatic carbocycles. The van der Waals surface area contributed by atoms with Crippen LogP contribution < -0.4 is 4.74 Å². The summed E-state index contributed by atoms with van der Waals surface area (Å²) in [5.41, 5.74) is 3.56. The van der Waals surface area contributed by atoms with E-state index in [0.717, 1.165) is 22.4 Å². The molecule has 0 amide bonds. The minimum atomic E-state index is -0.703. The fourth-order valence-corrected chi connectivity index (χ4v) is 3.79. The molecule has 1 heterocycles. The van der Waals surface area contributed by atoms with Crippen LogP contribution in [0.5, 0.6) is 5.75 Å². The zero-order valence-corrected chi connectivity index (χ0v) is 19.3. The van der Waals surface area contributed by atoms with Crippen molar-refractivity contribution in [3.8, 4) is 5.75 Å². The molecular weight excluding hydrogens is 430 g/mol. The molecular formula is C28H29NO5. The van der Waals surface area contributed by atoms with E-state index in [1.807, 2.05) is 84.9 Å². The van der Waals surface area contributed by atoms with Crippen molar-refractivity contribution in [2.75, 3.05) is 33.5 Å². The average molecular weight is 460 g/mol. The third-order valence-electron chi connectivity index (χ3n) is 5.50. The summed E-state index contributed by atoms with van der Waals surface area (Å²) in [6, 6.07) is 26.7. The first-order valence-corrected chi connectivity index (χ1v) is 11.4. The number of nitrogens with zero attached hydrogens (tertiary/aromatic N) is 1. The number of esters is 1.